The van der Waals surface area contributed by atoms with E-state index in [1.807, 2.05) is 37.6 Å². The molecule has 1 aliphatic heterocycles. The number of amides is 3. The lowest BCUT2D eigenvalue weighted by Gasteiger charge is -2.12. The molecule has 26 heavy (non-hydrogen) atoms. The van der Waals surface area contributed by atoms with Crippen molar-refractivity contribution in [3.8, 4) is 0 Å². The minimum Gasteiger partial charge on any atom is -0.352 e. The van der Waals surface area contributed by atoms with Crippen LogP contribution in [0.5, 0.6) is 0 Å². The Kier molecular flexibility index (Phi) is 4.99. The SMILES string of the molecule is Cc1cc(/C=C2\SC(=O)N(CC(=O)Nc3ccccc3)C2=O)c(C)n1C. The van der Waals surface area contributed by atoms with Crippen LogP contribution < -0.4 is 5.32 Å². The van der Waals surface area contributed by atoms with E-state index in [4.69, 9.17) is 0 Å². The number of nitrogens with one attached hydrogen (secondary N) is 1. The highest BCUT2D eigenvalue weighted by Gasteiger charge is 2.36. The Hall–Kier alpha value is -2.80. The summed E-state index contributed by atoms with van der Waals surface area (Å²) in [7, 11) is 1.95. The molecule has 0 spiro atoms. The lowest BCUT2D eigenvalue weighted by molar-refractivity contribution is -0.127. The van der Waals surface area contributed by atoms with Gasteiger partial charge >= 0.3 is 0 Å². The van der Waals surface area contributed by atoms with Gasteiger partial charge in [-0.1, -0.05) is 18.2 Å². The summed E-state index contributed by atoms with van der Waals surface area (Å²) in [4.78, 5) is 38.2. The van der Waals surface area contributed by atoms with Gasteiger partial charge < -0.3 is 9.88 Å². The van der Waals surface area contributed by atoms with Crippen molar-refractivity contribution in [3.05, 3.63) is 58.3 Å². The summed E-state index contributed by atoms with van der Waals surface area (Å²) in [5.74, 6) is -0.851. The first-order chi connectivity index (χ1) is 12.4. The Morgan fingerprint density at radius 1 is 1.19 bits per heavy atom. The van der Waals surface area contributed by atoms with Gasteiger partial charge in [-0.15, -0.1) is 0 Å². The first kappa shape index (κ1) is 18.0. The number of nitrogens with zero attached hydrogens (tertiary/aromatic N) is 2. The number of imide groups is 1. The number of thioether (sulfide) groups is 1. The molecule has 1 saturated heterocycles. The van der Waals surface area contributed by atoms with Crippen molar-refractivity contribution in [2.24, 2.45) is 7.05 Å². The third-order valence-corrected chi connectivity index (χ3v) is 5.24. The minimum absolute atomic E-state index is 0.302. The lowest BCUT2D eigenvalue weighted by atomic mass is 10.2. The third-order valence-electron chi connectivity index (χ3n) is 4.33. The van der Waals surface area contributed by atoms with E-state index < -0.39 is 17.1 Å². The number of aryl methyl sites for hydroxylation is 1. The van der Waals surface area contributed by atoms with Gasteiger partial charge in [-0.05, 0) is 55.4 Å². The number of hydrogen-bond acceptors (Lipinski definition) is 4. The number of aromatic nitrogens is 1. The number of anilines is 1. The molecule has 1 aromatic heterocycles. The van der Waals surface area contributed by atoms with Gasteiger partial charge in [0, 0.05) is 24.1 Å². The fourth-order valence-electron chi connectivity index (χ4n) is 2.67. The normalized spacial score (nSPS) is 15.8. The summed E-state index contributed by atoms with van der Waals surface area (Å²) in [6.07, 6.45) is 1.71. The molecule has 1 fully saturated rings. The van der Waals surface area contributed by atoms with Gasteiger partial charge in [-0.25, -0.2) is 0 Å². The number of hydrogen-bond donors (Lipinski definition) is 1. The van der Waals surface area contributed by atoms with Crippen molar-refractivity contribution < 1.29 is 14.4 Å². The first-order valence-electron chi connectivity index (χ1n) is 8.10. The molecule has 2 aromatic rings. The van der Waals surface area contributed by atoms with E-state index in [1.54, 1.807) is 30.3 Å². The Morgan fingerprint density at radius 3 is 2.50 bits per heavy atom. The molecule has 7 heteroatoms. The van der Waals surface area contributed by atoms with E-state index in [2.05, 4.69) is 5.32 Å². The number of para-hydroxylation sites is 1. The maximum atomic E-state index is 12.5. The standard InChI is InChI=1S/C19H19N3O3S/c1-12-9-14(13(2)21(12)3)10-16-18(24)22(19(25)26-16)11-17(23)20-15-7-5-4-6-8-15/h4-10H,11H2,1-3H3,(H,20,23)/b16-10-. The summed E-state index contributed by atoms with van der Waals surface area (Å²) in [6, 6.07) is 10.9. The second kappa shape index (κ2) is 7.21. The summed E-state index contributed by atoms with van der Waals surface area (Å²) < 4.78 is 2.02. The number of benzene rings is 1. The Labute approximate surface area is 155 Å². The molecule has 134 valence electrons. The maximum Gasteiger partial charge on any atom is 0.294 e. The Morgan fingerprint density at radius 2 is 1.88 bits per heavy atom. The van der Waals surface area contributed by atoms with E-state index in [-0.39, 0.29) is 6.54 Å². The van der Waals surface area contributed by atoms with Crippen molar-refractivity contribution in [2.75, 3.05) is 11.9 Å². The molecule has 2 heterocycles. The van der Waals surface area contributed by atoms with Crippen LogP contribution in [-0.2, 0) is 16.6 Å². The van der Waals surface area contributed by atoms with Crippen LogP contribution in [0.4, 0.5) is 10.5 Å². The van der Waals surface area contributed by atoms with Crippen LogP contribution in [0, 0.1) is 13.8 Å². The molecule has 1 aliphatic rings. The zero-order chi connectivity index (χ0) is 18.8. The van der Waals surface area contributed by atoms with Gasteiger partial charge in [0.1, 0.15) is 6.54 Å². The quantitative estimate of drug-likeness (QED) is 0.840. The molecule has 6 nitrogen and oxygen atoms in total. The van der Waals surface area contributed by atoms with Gasteiger partial charge in [0.05, 0.1) is 4.91 Å². The van der Waals surface area contributed by atoms with Crippen LogP contribution in [-0.4, -0.2) is 33.1 Å². The fourth-order valence-corrected chi connectivity index (χ4v) is 3.50. The number of carbonyl (C=O) groups is 3. The number of carbonyl (C=O) groups excluding carboxylic acids is 3. The van der Waals surface area contributed by atoms with Crippen molar-refractivity contribution in [3.63, 3.8) is 0 Å². The van der Waals surface area contributed by atoms with Crippen molar-refractivity contribution in [1.82, 2.24) is 9.47 Å². The summed E-state index contributed by atoms with van der Waals surface area (Å²) in [5.41, 5.74) is 3.59. The molecular formula is C19H19N3O3S. The van der Waals surface area contributed by atoms with Gasteiger partial charge in [-0.2, -0.15) is 0 Å². The van der Waals surface area contributed by atoms with Crippen LogP contribution in [0.25, 0.3) is 6.08 Å². The number of rotatable bonds is 4. The van der Waals surface area contributed by atoms with Gasteiger partial charge in [-0.3, -0.25) is 19.3 Å². The molecule has 3 rings (SSSR count). The summed E-state index contributed by atoms with van der Waals surface area (Å²) in [6.45, 7) is 3.63. The van der Waals surface area contributed by atoms with E-state index >= 15 is 0 Å². The molecule has 3 amide bonds. The monoisotopic (exact) mass is 369 g/mol. The Bertz CT molecular complexity index is 916. The van der Waals surface area contributed by atoms with Crippen LogP contribution in [0.2, 0.25) is 0 Å². The van der Waals surface area contributed by atoms with Crippen molar-refractivity contribution >= 4 is 40.6 Å². The fraction of sp³-hybridized carbons (Fsp3) is 0.211. The molecule has 0 radical (unpaired) electrons. The largest absolute Gasteiger partial charge is 0.352 e. The average Bonchev–Trinajstić information content (AvgIpc) is 3.01. The molecular weight excluding hydrogens is 350 g/mol. The molecule has 1 aromatic carbocycles. The van der Waals surface area contributed by atoms with Gasteiger partial charge in [0.2, 0.25) is 5.91 Å². The smallest absolute Gasteiger partial charge is 0.294 e. The van der Waals surface area contributed by atoms with Gasteiger partial charge in [0.25, 0.3) is 11.1 Å². The van der Waals surface area contributed by atoms with E-state index in [0.717, 1.165) is 33.6 Å². The molecule has 0 bridgehead atoms. The molecule has 0 atom stereocenters. The third kappa shape index (κ3) is 3.57. The summed E-state index contributed by atoms with van der Waals surface area (Å²) in [5, 5.41) is 2.24. The minimum atomic E-state index is -0.441. The zero-order valence-corrected chi connectivity index (χ0v) is 15.6. The zero-order valence-electron chi connectivity index (χ0n) is 14.8. The van der Waals surface area contributed by atoms with E-state index in [0.29, 0.717) is 10.6 Å². The highest BCUT2D eigenvalue weighted by atomic mass is 32.2. The second-order valence-electron chi connectivity index (χ2n) is 6.07. The summed E-state index contributed by atoms with van der Waals surface area (Å²) >= 11 is 0.858. The van der Waals surface area contributed by atoms with E-state index in [9.17, 15) is 14.4 Å². The highest BCUT2D eigenvalue weighted by Crippen LogP contribution is 2.33. The topological polar surface area (TPSA) is 71.4 Å². The van der Waals surface area contributed by atoms with Crippen LogP contribution >= 0.6 is 11.8 Å². The predicted octanol–water partition coefficient (Wildman–Crippen LogP) is 3.32. The first-order valence-corrected chi connectivity index (χ1v) is 8.91. The van der Waals surface area contributed by atoms with E-state index in [1.165, 1.54) is 0 Å². The highest BCUT2D eigenvalue weighted by molar-refractivity contribution is 8.18. The second-order valence-corrected chi connectivity index (χ2v) is 7.06. The average molecular weight is 369 g/mol. The van der Waals surface area contributed by atoms with Crippen LogP contribution in [0.3, 0.4) is 0 Å². The van der Waals surface area contributed by atoms with Crippen molar-refractivity contribution in [1.29, 1.82) is 0 Å². The Balaban J connectivity index is 1.73. The van der Waals surface area contributed by atoms with Crippen LogP contribution in [0.15, 0.2) is 41.3 Å². The van der Waals surface area contributed by atoms with Crippen LogP contribution in [0.1, 0.15) is 17.0 Å². The molecule has 0 unspecified atom stereocenters. The molecule has 0 saturated carbocycles. The van der Waals surface area contributed by atoms with Gasteiger partial charge in [0.15, 0.2) is 0 Å². The maximum absolute atomic E-state index is 12.5. The molecule has 0 aliphatic carbocycles. The lowest BCUT2D eigenvalue weighted by Crippen LogP contribution is -2.36. The molecule has 1 N–H and O–H groups in total. The predicted molar refractivity (Wildman–Crippen MR) is 103 cm³/mol. The van der Waals surface area contributed by atoms with Crippen molar-refractivity contribution in [2.45, 2.75) is 13.8 Å².